The van der Waals surface area contributed by atoms with Crippen LogP contribution in [0, 0.1) is 13.8 Å². The Morgan fingerprint density at radius 2 is 2.00 bits per heavy atom. The number of aryl methyl sites for hydroxylation is 1. The molecule has 0 unspecified atom stereocenters. The molecule has 1 N–H and O–H groups in total. The molecule has 8 heteroatoms. The first-order chi connectivity index (χ1) is 11.4. The number of nitrogens with zero attached hydrogens (tertiary/aromatic N) is 2. The lowest BCUT2D eigenvalue weighted by molar-refractivity contribution is -0.119. The molecular formula is C16H25N3O3S2. The Kier molecular flexibility index (Phi) is 5.24. The lowest BCUT2D eigenvalue weighted by atomic mass is 10.2. The molecule has 24 heavy (non-hydrogen) atoms. The summed E-state index contributed by atoms with van der Waals surface area (Å²) in [5.41, 5.74) is 2.21. The molecule has 0 radical (unpaired) electrons. The van der Waals surface area contributed by atoms with Crippen molar-refractivity contribution in [2.45, 2.75) is 63.2 Å². The van der Waals surface area contributed by atoms with Crippen molar-refractivity contribution in [1.29, 1.82) is 0 Å². The maximum absolute atomic E-state index is 12.1. The lowest BCUT2D eigenvalue weighted by Gasteiger charge is -2.17. The van der Waals surface area contributed by atoms with E-state index in [4.69, 9.17) is 0 Å². The number of hydrogen-bond acceptors (Lipinski definition) is 5. The largest absolute Gasteiger partial charge is 0.352 e. The minimum Gasteiger partial charge on any atom is -0.352 e. The van der Waals surface area contributed by atoms with E-state index >= 15 is 0 Å². The highest BCUT2D eigenvalue weighted by atomic mass is 32.2. The molecule has 2 aliphatic rings. The van der Waals surface area contributed by atoms with E-state index in [2.05, 4.69) is 21.8 Å². The predicted octanol–water partition coefficient (Wildman–Crippen LogP) is 2.01. The van der Waals surface area contributed by atoms with Gasteiger partial charge in [0.2, 0.25) is 5.91 Å². The molecule has 0 bridgehead atoms. The molecule has 1 saturated carbocycles. The summed E-state index contributed by atoms with van der Waals surface area (Å²) in [4.78, 5) is 16.8. The monoisotopic (exact) mass is 371 g/mol. The van der Waals surface area contributed by atoms with Crippen molar-refractivity contribution in [3.05, 3.63) is 11.4 Å². The van der Waals surface area contributed by atoms with Crippen LogP contribution in [0.3, 0.4) is 0 Å². The summed E-state index contributed by atoms with van der Waals surface area (Å²) in [6, 6.07) is 0.262. The average Bonchev–Trinajstić information content (AvgIpc) is 3.19. The Hall–Kier alpha value is -1.02. The van der Waals surface area contributed by atoms with Crippen molar-refractivity contribution in [2.24, 2.45) is 0 Å². The molecule has 3 rings (SSSR count). The number of carbonyl (C=O) groups is 1. The third-order valence-electron chi connectivity index (χ3n) is 4.97. The van der Waals surface area contributed by atoms with Gasteiger partial charge >= 0.3 is 0 Å². The van der Waals surface area contributed by atoms with Crippen molar-refractivity contribution in [1.82, 2.24) is 14.9 Å². The molecule has 1 aliphatic carbocycles. The van der Waals surface area contributed by atoms with Crippen LogP contribution in [0.1, 0.15) is 49.5 Å². The zero-order valence-electron chi connectivity index (χ0n) is 14.2. The number of carbonyl (C=O) groups excluding carboxylic acids is 1. The molecule has 1 aromatic heterocycles. The number of nitrogens with one attached hydrogen (secondary N) is 1. The van der Waals surface area contributed by atoms with E-state index < -0.39 is 9.84 Å². The summed E-state index contributed by atoms with van der Waals surface area (Å²) in [6.07, 6.45) is 5.38. The highest BCUT2D eigenvalue weighted by molar-refractivity contribution is 7.99. The Morgan fingerprint density at radius 1 is 1.29 bits per heavy atom. The molecule has 1 atom stereocenters. The maximum Gasteiger partial charge on any atom is 0.230 e. The maximum atomic E-state index is 12.1. The quantitative estimate of drug-likeness (QED) is 0.801. The zero-order valence-corrected chi connectivity index (χ0v) is 15.9. The number of thioether (sulfide) groups is 1. The van der Waals surface area contributed by atoms with Crippen LogP contribution in [-0.2, 0) is 14.6 Å². The molecule has 6 nitrogen and oxygen atoms in total. The summed E-state index contributed by atoms with van der Waals surface area (Å²) in [5.74, 6) is 0.408. The SMILES string of the molecule is Cc1nc(SCC(=O)N[C@@H]2CCS(=O)(=O)C2)n(C2CCCC2)c1C. The van der Waals surface area contributed by atoms with Crippen molar-refractivity contribution in [2.75, 3.05) is 17.3 Å². The number of sulfone groups is 1. The number of rotatable bonds is 5. The fraction of sp³-hybridized carbons (Fsp3) is 0.750. The van der Waals surface area contributed by atoms with Gasteiger partial charge in [0.25, 0.3) is 0 Å². The fourth-order valence-corrected chi connectivity index (χ4v) is 6.24. The topological polar surface area (TPSA) is 81.1 Å². The van der Waals surface area contributed by atoms with Crippen LogP contribution in [0.25, 0.3) is 0 Å². The van der Waals surface area contributed by atoms with Gasteiger partial charge in [-0.1, -0.05) is 24.6 Å². The van der Waals surface area contributed by atoms with Gasteiger partial charge in [0.15, 0.2) is 15.0 Å². The predicted molar refractivity (Wildman–Crippen MR) is 95.1 cm³/mol. The Bertz CT molecular complexity index is 721. The second kappa shape index (κ2) is 7.07. The zero-order chi connectivity index (χ0) is 17.3. The molecule has 1 aromatic rings. The van der Waals surface area contributed by atoms with E-state index in [1.54, 1.807) is 0 Å². The van der Waals surface area contributed by atoms with Crippen molar-refractivity contribution in [3.63, 3.8) is 0 Å². The van der Waals surface area contributed by atoms with Gasteiger partial charge in [-0.05, 0) is 33.1 Å². The Labute approximate surface area is 147 Å². The number of hydrogen-bond donors (Lipinski definition) is 1. The molecule has 1 saturated heterocycles. The van der Waals surface area contributed by atoms with Gasteiger partial charge in [-0.25, -0.2) is 13.4 Å². The molecule has 0 spiro atoms. The van der Waals surface area contributed by atoms with Crippen LogP contribution < -0.4 is 5.32 Å². The third kappa shape index (κ3) is 3.96. The third-order valence-corrected chi connectivity index (χ3v) is 7.69. The number of aromatic nitrogens is 2. The molecule has 0 aromatic carbocycles. The molecule has 2 fully saturated rings. The summed E-state index contributed by atoms with van der Waals surface area (Å²) >= 11 is 1.45. The summed E-state index contributed by atoms with van der Waals surface area (Å²) in [7, 11) is -2.97. The van der Waals surface area contributed by atoms with E-state index in [1.165, 1.54) is 43.1 Å². The van der Waals surface area contributed by atoms with Crippen LogP contribution in [0.2, 0.25) is 0 Å². The van der Waals surface area contributed by atoms with Crippen LogP contribution in [0.4, 0.5) is 0 Å². The van der Waals surface area contributed by atoms with Gasteiger partial charge < -0.3 is 9.88 Å². The summed E-state index contributed by atoms with van der Waals surface area (Å²) in [5, 5.41) is 3.75. The minimum atomic E-state index is -2.97. The molecule has 1 aliphatic heterocycles. The van der Waals surface area contributed by atoms with E-state index in [9.17, 15) is 13.2 Å². The second-order valence-corrected chi connectivity index (χ2v) is 10.0. The first kappa shape index (κ1) is 17.8. The minimum absolute atomic E-state index is 0.0678. The Morgan fingerprint density at radius 3 is 2.62 bits per heavy atom. The van der Waals surface area contributed by atoms with E-state index in [0.717, 1.165) is 10.9 Å². The standard InChI is InChI=1S/C16H25N3O3S2/c1-11-12(2)19(14-5-3-4-6-14)16(17-11)23-9-15(20)18-13-7-8-24(21,22)10-13/h13-14H,3-10H2,1-2H3,(H,18,20)/t13-/m1/s1. The van der Waals surface area contributed by atoms with Crippen LogP contribution in [0.15, 0.2) is 5.16 Å². The van der Waals surface area contributed by atoms with E-state index in [0.29, 0.717) is 12.5 Å². The van der Waals surface area contributed by atoms with Crippen molar-refractivity contribution < 1.29 is 13.2 Å². The normalized spacial score (nSPS) is 23.7. The molecule has 1 amide bonds. The van der Waals surface area contributed by atoms with Gasteiger partial charge in [-0.2, -0.15) is 0 Å². The van der Waals surface area contributed by atoms with Crippen molar-refractivity contribution >= 4 is 27.5 Å². The summed E-state index contributed by atoms with van der Waals surface area (Å²) < 4.78 is 25.2. The van der Waals surface area contributed by atoms with Gasteiger partial charge in [-0.3, -0.25) is 4.79 Å². The molecular weight excluding hydrogens is 346 g/mol. The number of amides is 1. The smallest absolute Gasteiger partial charge is 0.230 e. The van der Waals surface area contributed by atoms with Gasteiger partial charge in [-0.15, -0.1) is 0 Å². The van der Waals surface area contributed by atoms with Crippen LogP contribution >= 0.6 is 11.8 Å². The highest BCUT2D eigenvalue weighted by Crippen LogP contribution is 2.35. The first-order valence-corrected chi connectivity index (χ1v) is 11.3. The second-order valence-electron chi connectivity index (χ2n) is 6.83. The highest BCUT2D eigenvalue weighted by Gasteiger charge is 2.29. The van der Waals surface area contributed by atoms with Crippen LogP contribution in [-0.4, -0.2) is 47.2 Å². The fourth-order valence-electron chi connectivity index (χ4n) is 3.60. The molecule has 134 valence electrons. The average molecular weight is 372 g/mol. The van der Waals surface area contributed by atoms with E-state index in [-0.39, 0.29) is 29.2 Å². The first-order valence-electron chi connectivity index (χ1n) is 8.54. The number of imidazole rings is 1. The van der Waals surface area contributed by atoms with Crippen LogP contribution in [0.5, 0.6) is 0 Å². The lowest BCUT2D eigenvalue weighted by Crippen LogP contribution is -2.36. The molecule has 2 heterocycles. The van der Waals surface area contributed by atoms with Gasteiger partial charge in [0.1, 0.15) is 0 Å². The Balaban J connectivity index is 1.60. The summed E-state index contributed by atoms with van der Waals surface area (Å²) in [6.45, 7) is 4.10. The van der Waals surface area contributed by atoms with Crippen molar-refractivity contribution in [3.8, 4) is 0 Å². The van der Waals surface area contributed by atoms with Gasteiger partial charge in [0.05, 0.1) is 23.0 Å². The van der Waals surface area contributed by atoms with E-state index in [1.807, 2.05) is 6.92 Å². The van der Waals surface area contributed by atoms with Gasteiger partial charge in [0, 0.05) is 17.8 Å².